The molecule has 0 bridgehead atoms. The van der Waals surface area contributed by atoms with Crippen LogP contribution in [0.3, 0.4) is 0 Å². The predicted octanol–water partition coefficient (Wildman–Crippen LogP) is 3.00. The molecule has 0 saturated carbocycles. The third-order valence-electron chi connectivity index (χ3n) is 3.39. The summed E-state index contributed by atoms with van der Waals surface area (Å²) in [6, 6.07) is 11.0. The van der Waals surface area contributed by atoms with Crippen molar-refractivity contribution < 1.29 is 23.5 Å². The average molecular weight is 366 g/mol. The second-order valence-electron chi connectivity index (χ2n) is 5.11. The van der Waals surface area contributed by atoms with Crippen molar-refractivity contribution in [3.05, 3.63) is 64.4 Å². The fourth-order valence-electron chi connectivity index (χ4n) is 2.16. The zero-order valence-electron chi connectivity index (χ0n) is 13.6. The molecule has 0 saturated heterocycles. The van der Waals surface area contributed by atoms with Crippen LogP contribution in [0.2, 0.25) is 5.02 Å². The number of carbonyl (C=O) groups is 2. The van der Waals surface area contributed by atoms with Crippen molar-refractivity contribution in [2.75, 3.05) is 20.3 Å². The minimum atomic E-state index is -0.945. The second kappa shape index (κ2) is 9.03. The van der Waals surface area contributed by atoms with Crippen LogP contribution in [0.1, 0.15) is 15.9 Å². The van der Waals surface area contributed by atoms with Crippen LogP contribution in [0.15, 0.2) is 42.5 Å². The lowest BCUT2D eigenvalue weighted by molar-refractivity contribution is -0.124. The van der Waals surface area contributed by atoms with E-state index in [0.717, 1.165) is 23.4 Å². The highest BCUT2D eigenvalue weighted by Gasteiger charge is 2.15. The second-order valence-corrected chi connectivity index (χ2v) is 5.55. The third kappa shape index (κ3) is 5.46. The Morgan fingerprint density at radius 2 is 1.96 bits per heavy atom. The van der Waals surface area contributed by atoms with E-state index in [-0.39, 0.29) is 10.6 Å². The molecule has 0 fully saturated rings. The Hall–Kier alpha value is -2.60. The molecule has 132 valence electrons. The predicted molar refractivity (Wildman–Crippen MR) is 91.4 cm³/mol. The number of rotatable bonds is 7. The standard InChI is InChI=1S/C18H17ClFNO4/c1-24-16-5-3-2-4-12(16)8-9-21-17(22)11-25-18(23)14-10-13(19)6-7-15(14)20/h2-7,10H,8-9,11H2,1H3,(H,21,22). The largest absolute Gasteiger partial charge is 0.496 e. The minimum absolute atomic E-state index is 0.203. The number of para-hydroxylation sites is 1. The Bertz CT molecular complexity index is 766. The number of methoxy groups -OCH3 is 1. The van der Waals surface area contributed by atoms with E-state index >= 15 is 0 Å². The van der Waals surface area contributed by atoms with Crippen molar-refractivity contribution >= 4 is 23.5 Å². The Kier molecular flexibility index (Phi) is 6.77. The Morgan fingerprint density at radius 1 is 1.20 bits per heavy atom. The van der Waals surface area contributed by atoms with Crippen molar-refractivity contribution in [2.45, 2.75) is 6.42 Å². The van der Waals surface area contributed by atoms with Gasteiger partial charge in [-0.2, -0.15) is 0 Å². The highest BCUT2D eigenvalue weighted by molar-refractivity contribution is 6.30. The molecule has 0 unspecified atom stereocenters. The van der Waals surface area contributed by atoms with Gasteiger partial charge in [-0.25, -0.2) is 9.18 Å². The molecule has 0 aliphatic heterocycles. The summed E-state index contributed by atoms with van der Waals surface area (Å²) in [7, 11) is 1.58. The van der Waals surface area contributed by atoms with Crippen LogP contribution < -0.4 is 10.1 Å². The zero-order chi connectivity index (χ0) is 18.2. The summed E-state index contributed by atoms with van der Waals surface area (Å²) in [5.74, 6) is -1.45. The van der Waals surface area contributed by atoms with Crippen molar-refractivity contribution in [3.8, 4) is 5.75 Å². The van der Waals surface area contributed by atoms with E-state index in [1.165, 1.54) is 6.07 Å². The van der Waals surface area contributed by atoms with E-state index < -0.39 is 24.3 Å². The molecule has 0 aliphatic rings. The highest BCUT2D eigenvalue weighted by Crippen LogP contribution is 2.17. The van der Waals surface area contributed by atoms with Gasteiger partial charge in [0.25, 0.3) is 5.91 Å². The molecular weight excluding hydrogens is 349 g/mol. The third-order valence-corrected chi connectivity index (χ3v) is 3.63. The topological polar surface area (TPSA) is 64.6 Å². The first kappa shape index (κ1) is 18.7. The van der Waals surface area contributed by atoms with Crippen LogP contribution in [0, 0.1) is 5.82 Å². The van der Waals surface area contributed by atoms with Gasteiger partial charge in [-0.05, 0) is 36.2 Å². The molecule has 0 aliphatic carbocycles. The fourth-order valence-corrected chi connectivity index (χ4v) is 2.33. The monoisotopic (exact) mass is 365 g/mol. The smallest absolute Gasteiger partial charge is 0.341 e. The van der Waals surface area contributed by atoms with Crippen LogP contribution in [0.5, 0.6) is 5.75 Å². The van der Waals surface area contributed by atoms with Gasteiger partial charge in [0.2, 0.25) is 0 Å². The van der Waals surface area contributed by atoms with Gasteiger partial charge in [-0.3, -0.25) is 4.79 Å². The molecule has 7 heteroatoms. The van der Waals surface area contributed by atoms with Gasteiger partial charge in [-0.1, -0.05) is 29.8 Å². The summed E-state index contributed by atoms with van der Waals surface area (Å²) in [6.07, 6.45) is 0.562. The normalized spacial score (nSPS) is 10.2. The highest BCUT2D eigenvalue weighted by atomic mass is 35.5. The van der Waals surface area contributed by atoms with Crippen molar-refractivity contribution in [1.29, 1.82) is 0 Å². The first-order valence-corrected chi connectivity index (χ1v) is 7.90. The number of hydrogen-bond acceptors (Lipinski definition) is 4. The molecule has 0 radical (unpaired) electrons. The molecular formula is C18H17ClFNO4. The maximum Gasteiger partial charge on any atom is 0.341 e. The number of halogens is 2. The van der Waals surface area contributed by atoms with E-state index in [4.69, 9.17) is 21.1 Å². The molecule has 0 heterocycles. The number of nitrogens with one attached hydrogen (secondary N) is 1. The molecule has 25 heavy (non-hydrogen) atoms. The SMILES string of the molecule is COc1ccccc1CCNC(=O)COC(=O)c1cc(Cl)ccc1F. The zero-order valence-corrected chi connectivity index (χ0v) is 14.3. The first-order valence-electron chi connectivity index (χ1n) is 7.52. The lowest BCUT2D eigenvalue weighted by atomic mass is 10.1. The number of amides is 1. The minimum Gasteiger partial charge on any atom is -0.496 e. The van der Waals surface area contributed by atoms with Gasteiger partial charge in [0.1, 0.15) is 11.6 Å². The number of carbonyl (C=O) groups excluding carboxylic acids is 2. The summed E-state index contributed by atoms with van der Waals surface area (Å²) >= 11 is 5.71. The van der Waals surface area contributed by atoms with Gasteiger partial charge in [-0.15, -0.1) is 0 Å². The van der Waals surface area contributed by atoms with Gasteiger partial charge in [0, 0.05) is 11.6 Å². The lowest BCUT2D eigenvalue weighted by Crippen LogP contribution is -2.30. The van der Waals surface area contributed by atoms with Gasteiger partial charge in [0.15, 0.2) is 6.61 Å². The van der Waals surface area contributed by atoms with Gasteiger partial charge < -0.3 is 14.8 Å². The van der Waals surface area contributed by atoms with Gasteiger partial charge in [0.05, 0.1) is 12.7 Å². The van der Waals surface area contributed by atoms with Crippen LogP contribution in [-0.4, -0.2) is 32.1 Å². The molecule has 1 N–H and O–H groups in total. The summed E-state index contributed by atoms with van der Waals surface area (Å²) in [5.41, 5.74) is 0.637. The van der Waals surface area contributed by atoms with Crippen LogP contribution in [-0.2, 0) is 16.0 Å². The van der Waals surface area contributed by atoms with Crippen LogP contribution in [0.25, 0.3) is 0 Å². The lowest BCUT2D eigenvalue weighted by Gasteiger charge is -2.09. The van der Waals surface area contributed by atoms with E-state index in [0.29, 0.717) is 13.0 Å². The van der Waals surface area contributed by atoms with Crippen molar-refractivity contribution in [2.24, 2.45) is 0 Å². The maximum atomic E-state index is 13.5. The fraction of sp³-hybridized carbons (Fsp3) is 0.222. The summed E-state index contributed by atoms with van der Waals surface area (Å²) in [5, 5.41) is 2.83. The van der Waals surface area contributed by atoms with Crippen LogP contribution in [0.4, 0.5) is 4.39 Å². The Balaban J connectivity index is 1.79. The summed E-state index contributed by atoms with van der Waals surface area (Å²) in [4.78, 5) is 23.5. The Morgan fingerprint density at radius 3 is 2.72 bits per heavy atom. The average Bonchev–Trinajstić information content (AvgIpc) is 2.62. The Labute approximate surface area is 149 Å². The first-order chi connectivity index (χ1) is 12.0. The summed E-state index contributed by atoms with van der Waals surface area (Å²) in [6.45, 7) is -0.154. The van der Waals surface area contributed by atoms with Crippen LogP contribution >= 0.6 is 11.6 Å². The summed E-state index contributed by atoms with van der Waals surface area (Å²) < 4.78 is 23.6. The molecule has 0 aromatic heterocycles. The van der Waals surface area contributed by atoms with E-state index in [1.54, 1.807) is 7.11 Å². The van der Waals surface area contributed by atoms with E-state index in [9.17, 15) is 14.0 Å². The maximum absolute atomic E-state index is 13.5. The molecule has 2 rings (SSSR count). The van der Waals surface area contributed by atoms with Gasteiger partial charge >= 0.3 is 5.97 Å². The number of benzene rings is 2. The van der Waals surface area contributed by atoms with E-state index in [2.05, 4.69) is 5.32 Å². The number of ether oxygens (including phenoxy) is 2. The molecule has 2 aromatic rings. The van der Waals surface area contributed by atoms with Crippen molar-refractivity contribution in [1.82, 2.24) is 5.32 Å². The molecule has 5 nitrogen and oxygen atoms in total. The number of esters is 1. The van der Waals surface area contributed by atoms with Crippen molar-refractivity contribution in [3.63, 3.8) is 0 Å². The molecule has 1 amide bonds. The molecule has 0 atom stereocenters. The van der Waals surface area contributed by atoms with E-state index in [1.807, 2.05) is 24.3 Å². The number of hydrogen-bond donors (Lipinski definition) is 1. The molecule has 0 spiro atoms. The molecule has 2 aromatic carbocycles. The quantitative estimate of drug-likeness (QED) is 0.766.